The molecule has 2 aromatic rings. The Hall–Kier alpha value is -2.83. The fraction of sp³-hybridized carbons (Fsp3) is 0.450. The number of carbonyl (C=O) groups is 1. The molecule has 0 atom stereocenters. The van der Waals surface area contributed by atoms with Crippen molar-refractivity contribution in [2.24, 2.45) is 0 Å². The molecular weight excluding hydrogens is 340 g/mol. The second-order valence-corrected chi connectivity index (χ2v) is 7.81. The first kappa shape index (κ1) is 16.4. The van der Waals surface area contributed by atoms with Crippen molar-refractivity contribution in [2.45, 2.75) is 57.0 Å². The fourth-order valence-corrected chi connectivity index (χ4v) is 3.87. The Bertz CT molecular complexity index is 949. The highest BCUT2D eigenvalue weighted by Gasteiger charge is 2.24. The van der Waals surface area contributed by atoms with Crippen LogP contribution in [0, 0.1) is 0 Å². The van der Waals surface area contributed by atoms with E-state index in [0.29, 0.717) is 24.1 Å². The molecule has 0 unspecified atom stereocenters. The van der Waals surface area contributed by atoms with Gasteiger partial charge < -0.3 is 16.0 Å². The Morgan fingerprint density at radius 2 is 1.96 bits per heavy atom. The van der Waals surface area contributed by atoms with E-state index in [9.17, 15) is 4.79 Å². The molecule has 5 rings (SSSR count). The Balaban J connectivity index is 1.54. The van der Waals surface area contributed by atoms with Crippen LogP contribution in [0.25, 0.3) is 11.7 Å². The summed E-state index contributed by atoms with van der Waals surface area (Å²) < 4.78 is 1.84. The normalized spacial score (nSPS) is 22.0. The summed E-state index contributed by atoms with van der Waals surface area (Å²) >= 11 is 0. The Kier molecular flexibility index (Phi) is 3.88. The number of carbonyl (C=O) groups excluding carboxylic acids is 1. The van der Waals surface area contributed by atoms with Gasteiger partial charge in [0.1, 0.15) is 11.6 Å². The molecule has 3 aliphatic rings. The van der Waals surface area contributed by atoms with E-state index in [2.05, 4.69) is 33.7 Å². The smallest absolute Gasteiger partial charge is 0.251 e. The van der Waals surface area contributed by atoms with Gasteiger partial charge in [0.15, 0.2) is 5.65 Å². The van der Waals surface area contributed by atoms with Gasteiger partial charge in [0.2, 0.25) is 0 Å². The molecule has 0 bridgehead atoms. The monoisotopic (exact) mass is 364 g/mol. The molecule has 0 aromatic carbocycles. The van der Waals surface area contributed by atoms with E-state index in [1.807, 2.05) is 10.6 Å². The number of hydrogen-bond donors (Lipinski definition) is 3. The maximum absolute atomic E-state index is 12.1. The minimum atomic E-state index is -0.0871. The molecule has 27 heavy (non-hydrogen) atoms. The van der Waals surface area contributed by atoms with Crippen LogP contribution in [0.5, 0.6) is 0 Å². The lowest BCUT2D eigenvalue weighted by Gasteiger charge is -2.15. The summed E-state index contributed by atoms with van der Waals surface area (Å²) in [7, 11) is 0. The molecule has 0 spiro atoms. The second-order valence-electron chi connectivity index (χ2n) is 7.81. The Labute approximate surface area is 157 Å². The van der Waals surface area contributed by atoms with Gasteiger partial charge in [0.05, 0.1) is 6.20 Å². The van der Waals surface area contributed by atoms with E-state index in [1.54, 1.807) is 6.20 Å². The summed E-state index contributed by atoms with van der Waals surface area (Å²) in [6, 6.07) is 3.06. The van der Waals surface area contributed by atoms with Gasteiger partial charge in [0, 0.05) is 41.4 Å². The SMILES string of the molecule is C=C1C/C(=C\c2cnn3c(NC4CC4)cc(NC4CCCC4)nc23)C(=O)N1. The number of hydrogen-bond acceptors (Lipinski definition) is 5. The van der Waals surface area contributed by atoms with E-state index < -0.39 is 0 Å². The molecule has 1 amide bonds. The van der Waals surface area contributed by atoms with Crippen molar-refractivity contribution >= 4 is 29.3 Å². The van der Waals surface area contributed by atoms with Gasteiger partial charge in [-0.15, -0.1) is 0 Å². The molecule has 3 N–H and O–H groups in total. The second kappa shape index (κ2) is 6.40. The molecule has 2 aromatic heterocycles. The molecule has 7 heteroatoms. The van der Waals surface area contributed by atoms with Crippen LogP contribution in [0.4, 0.5) is 11.6 Å². The number of fused-ring (bicyclic) bond motifs is 1. The molecule has 1 saturated heterocycles. The summed E-state index contributed by atoms with van der Waals surface area (Å²) in [5.41, 5.74) is 3.04. The molecule has 1 aliphatic heterocycles. The van der Waals surface area contributed by atoms with E-state index in [1.165, 1.54) is 38.5 Å². The first-order valence-electron chi connectivity index (χ1n) is 9.77. The Morgan fingerprint density at radius 1 is 1.19 bits per heavy atom. The van der Waals surface area contributed by atoms with Gasteiger partial charge in [-0.2, -0.15) is 9.61 Å². The number of nitrogens with zero attached hydrogens (tertiary/aromatic N) is 3. The van der Waals surface area contributed by atoms with Crippen LogP contribution in [0.2, 0.25) is 0 Å². The lowest BCUT2D eigenvalue weighted by molar-refractivity contribution is -0.115. The van der Waals surface area contributed by atoms with E-state index in [0.717, 1.165) is 28.5 Å². The highest BCUT2D eigenvalue weighted by atomic mass is 16.2. The fourth-order valence-electron chi connectivity index (χ4n) is 3.87. The number of rotatable bonds is 5. The topological polar surface area (TPSA) is 83.3 Å². The number of amides is 1. The van der Waals surface area contributed by atoms with Gasteiger partial charge in [0.25, 0.3) is 5.91 Å². The number of aromatic nitrogens is 3. The van der Waals surface area contributed by atoms with Crippen molar-refractivity contribution in [3.05, 3.63) is 35.7 Å². The number of anilines is 2. The molecule has 0 radical (unpaired) electrons. The van der Waals surface area contributed by atoms with Gasteiger partial charge >= 0.3 is 0 Å². The molecule has 2 saturated carbocycles. The molecule has 140 valence electrons. The van der Waals surface area contributed by atoms with Crippen LogP contribution >= 0.6 is 0 Å². The third-order valence-electron chi connectivity index (χ3n) is 5.45. The highest BCUT2D eigenvalue weighted by Crippen LogP contribution is 2.29. The van der Waals surface area contributed by atoms with Crippen molar-refractivity contribution in [2.75, 3.05) is 10.6 Å². The standard InChI is InChI=1S/C20H24N6O/c1-12-8-13(20(27)22-12)9-14-11-21-26-18(24-16-6-7-16)10-17(25-19(14)26)23-15-4-2-3-5-15/h9-11,15-16,24H,1-8H2,(H,22,27)(H,23,25)/b13-9+. The summed E-state index contributed by atoms with van der Waals surface area (Å²) in [6.45, 7) is 3.84. The zero-order chi connectivity index (χ0) is 18.4. The number of allylic oxidation sites excluding steroid dienone is 1. The summed E-state index contributed by atoms with van der Waals surface area (Å²) in [5, 5.41) is 14.4. The van der Waals surface area contributed by atoms with Gasteiger partial charge in [-0.1, -0.05) is 19.4 Å². The summed E-state index contributed by atoms with van der Waals surface area (Å²) in [4.78, 5) is 16.9. The third-order valence-corrected chi connectivity index (χ3v) is 5.45. The highest BCUT2D eigenvalue weighted by molar-refractivity contribution is 6.02. The lowest BCUT2D eigenvalue weighted by atomic mass is 10.1. The van der Waals surface area contributed by atoms with Crippen LogP contribution < -0.4 is 16.0 Å². The van der Waals surface area contributed by atoms with Crippen LogP contribution in [-0.4, -0.2) is 32.6 Å². The molecular formula is C20H24N6O. The van der Waals surface area contributed by atoms with Crippen molar-refractivity contribution in [1.29, 1.82) is 0 Å². The van der Waals surface area contributed by atoms with E-state index >= 15 is 0 Å². The quantitative estimate of drug-likeness (QED) is 0.710. The van der Waals surface area contributed by atoms with Gasteiger partial charge in [-0.05, 0) is 31.8 Å². The number of nitrogens with one attached hydrogen (secondary N) is 3. The third kappa shape index (κ3) is 3.29. The minimum absolute atomic E-state index is 0.0871. The predicted octanol–water partition coefficient (Wildman–Crippen LogP) is 3.08. The van der Waals surface area contributed by atoms with Crippen molar-refractivity contribution in [1.82, 2.24) is 19.9 Å². The maximum Gasteiger partial charge on any atom is 0.251 e. The predicted molar refractivity (Wildman–Crippen MR) is 105 cm³/mol. The van der Waals surface area contributed by atoms with Crippen LogP contribution in [-0.2, 0) is 4.79 Å². The molecule has 3 heterocycles. The van der Waals surface area contributed by atoms with Gasteiger partial charge in [-0.3, -0.25) is 4.79 Å². The van der Waals surface area contributed by atoms with Crippen LogP contribution in [0.1, 0.15) is 50.5 Å². The maximum atomic E-state index is 12.1. The van der Waals surface area contributed by atoms with Gasteiger partial charge in [-0.25, -0.2) is 4.98 Å². The van der Waals surface area contributed by atoms with E-state index in [4.69, 9.17) is 4.98 Å². The van der Waals surface area contributed by atoms with Crippen molar-refractivity contribution in [3.8, 4) is 0 Å². The summed E-state index contributed by atoms with van der Waals surface area (Å²) in [6.07, 6.45) is 11.5. The zero-order valence-electron chi connectivity index (χ0n) is 15.3. The molecule has 2 aliphatic carbocycles. The lowest BCUT2D eigenvalue weighted by Crippen LogP contribution is -2.17. The average molecular weight is 364 g/mol. The first-order chi connectivity index (χ1) is 13.2. The molecule has 7 nitrogen and oxygen atoms in total. The van der Waals surface area contributed by atoms with Crippen molar-refractivity contribution < 1.29 is 4.79 Å². The van der Waals surface area contributed by atoms with Crippen LogP contribution in [0.15, 0.2) is 30.1 Å². The average Bonchev–Trinajstić information content (AvgIpc) is 3.01. The summed E-state index contributed by atoms with van der Waals surface area (Å²) in [5.74, 6) is 1.74. The van der Waals surface area contributed by atoms with E-state index in [-0.39, 0.29) is 5.91 Å². The largest absolute Gasteiger partial charge is 0.367 e. The van der Waals surface area contributed by atoms with Crippen molar-refractivity contribution in [3.63, 3.8) is 0 Å². The Morgan fingerprint density at radius 3 is 2.67 bits per heavy atom. The zero-order valence-corrected chi connectivity index (χ0v) is 15.3. The minimum Gasteiger partial charge on any atom is -0.367 e. The van der Waals surface area contributed by atoms with Crippen LogP contribution in [0.3, 0.4) is 0 Å². The molecule has 3 fully saturated rings. The first-order valence-corrected chi connectivity index (χ1v) is 9.77.